The lowest BCUT2D eigenvalue weighted by molar-refractivity contribution is 0.476. The molecule has 1 fully saturated rings. The Labute approximate surface area is 117 Å². The van der Waals surface area contributed by atoms with Crippen molar-refractivity contribution in [3.05, 3.63) is 34.2 Å². The second kappa shape index (κ2) is 5.65. The van der Waals surface area contributed by atoms with Gasteiger partial charge in [0.05, 0.1) is 11.0 Å². The van der Waals surface area contributed by atoms with Crippen molar-refractivity contribution in [2.75, 3.05) is 0 Å². The lowest BCUT2D eigenvalue weighted by Crippen LogP contribution is -2.15. The van der Waals surface area contributed by atoms with Crippen LogP contribution in [0.5, 0.6) is 5.75 Å². The van der Waals surface area contributed by atoms with Crippen molar-refractivity contribution >= 4 is 11.0 Å². The molecule has 1 aliphatic carbocycles. The largest absolute Gasteiger partial charge is 0.508 e. The third-order valence-electron chi connectivity index (χ3n) is 3.97. The molecule has 1 aromatic heterocycles. The minimum absolute atomic E-state index is 0.134. The fourth-order valence-electron chi connectivity index (χ4n) is 2.59. The number of aryl methyl sites for hydroxylation is 1. The Morgan fingerprint density at radius 1 is 1.25 bits per heavy atom. The Bertz CT molecular complexity index is 659. The van der Waals surface area contributed by atoms with Crippen molar-refractivity contribution in [2.24, 2.45) is 5.92 Å². The van der Waals surface area contributed by atoms with E-state index in [1.165, 1.54) is 38.2 Å². The minimum Gasteiger partial charge on any atom is -0.508 e. The van der Waals surface area contributed by atoms with E-state index in [4.69, 9.17) is 0 Å². The van der Waals surface area contributed by atoms with E-state index in [-0.39, 0.29) is 11.3 Å². The monoisotopic (exact) mass is 272 g/mol. The first-order valence-corrected chi connectivity index (χ1v) is 7.44. The van der Waals surface area contributed by atoms with Crippen molar-refractivity contribution in [2.45, 2.75) is 44.9 Å². The summed E-state index contributed by atoms with van der Waals surface area (Å²) in [5.41, 5.74) is 1.79. The van der Waals surface area contributed by atoms with Crippen LogP contribution in [0.4, 0.5) is 0 Å². The van der Waals surface area contributed by atoms with Crippen molar-refractivity contribution in [3.8, 4) is 5.75 Å². The van der Waals surface area contributed by atoms with Crippen LogP contribution < -0.4 is 5.56 Å². The van der Waals surface area contributed by atoms with Gasteiger partial charge in [0.1, 0.15) is 11.4 Å². The highest BCUT2D eigenvalue weighted by atomic mass is 16.3. The number of H-pyrrole nitrogens is 1. The first kappa shape index (κ1) is 13.2. The molecule has 0 bridgehead atoms. The highest BCUT2D eigenvalue weighted by molar-refractivity contribution is 5.75. The predicted octanol–water partition coefficient (Wildman–Crippen LogP) is 3.14. The molecule has 0 spiro atoms. The first-order chi connectivity index (χ1) is 9.72. The Hall–Kier alpha value is -1.84. The van der Waals surface area contributed by atoms with Crippen molar-refractivity contribution in [1.29, 1.82) is 0 Å². The molecule has 0 atom stereocenters. The molecule has 0 aliphatic heterocycles. The third-order valence-corrected chi connectivity index (χ3v) is 3.97. The maximum Gasteiger partial charge on any atom is 0.270 e. The molecule has 0 unspecified atom stereocenters. The van der Waals surface area contributed by atoms with Crippen LogP contribution in [0.3, 0.4) is 0 Å². The number of phenolic OH excluding ortho intramolecular Hbond substituents is 1. The molecule has 1 aliphatic rings. The molecule has 106 valence electrons. The summed E-state index contributed by atoms with van der Waals surface area (Å²) in [6.45, 7) is 0. The maximum absolute atomic E-state index is 11.9. The highest BCUT2D eigenvalue weighted by Gasteiger charge is 2.19. The summed E-state index contributed by atoms with van der Waals surface area (Å²) in [7, 11) is 0. The summed E-state index contributed by atoms with van der Waals surface area (Å²) in [6.07, 6.45) is 8.37. The normalized spacial score (nSPS) is 14.8. The number of aromatic nitrogens is 2. The zero-order valence-corrected chi connectivity index (χ0v) is 11.6. The minimum atomic E-state index is -0.134. The number of aromatic hydroxyl groups is 1. The summed E-state index contributed by atoms with van der Waals surface area (Å²) in [6, 6.07) is 4.85. The van der Waals surface area contributed by atoms with Gasteiger partial charge in [-0.3, -0.25) is 4.79 Å². The molecular weight excluding hydrogens is 252 g/mol. The summed E-state index contributed by atoms with van der Waals surface area (Å²) in [5.74, 6) is 1.13. The topological polar surface area (TPSA) is 66.0 Å². The van der Waals surface area contributed by atoms with Crippen LogP contribution in [-0.4, -0.2) is 15.1 Å². The molecule has 4 nitrogen and oxygen atoms in total. The molecule has 4 heteroatoms. The van der Waals surface area contributed by atoms with Gasteiger partial charge in [-0.1, -0.05) is 32.1 Å². The maximum atomic E-state index is 11.9. The Morgan fingerprint density at radius 2 is 2.10 bits per heavy atom. The molecule has 3 rings (SSSR count). The van der Waals surface area contributed by atoms with Crippen molar-refractivity contribution in [1.82, 2.24) is 9.97 Å². The van der Waals surface area contributed by atoms with Gasteiger partial charge in [0.15, 0.2) is 0 Å². The van der Waals surface area contributed by atoms with Gasteiger partial charge in [0.25, 0.3) is 5.56 Å². The molecule has 1 saturated carbocycles. The van der Waals surface area contributed by atoms with E-state index >= 15 is 0 Å². The number of aromatic amines is 1. The van der Waals surface area contributed by atoms with Gasteiger partial charge in [0.2, 0.25) is 0 Å². The lowest BCUT2D eigenvalue weighted by Gasteiger charge is -2.03. The van der Waals surface area contributed by atoms with Crippen LogP contribution in [0.15, 0.2) is 23.0 Å². The van der Waals surface area contributed by atoms with Crippen LogP contribution >= 0.6 is 0 Å². The van der Waals surface area contributed by atoms with Gasteiger partial charge in [-0.05, 0) is 30.9 Å². The highest BCUT2D eigenvalue weighted by Crippen LogP contribution is 2.34. The SMILES string of the molecule is O=c1[nH]c2cc(O)ccc2nc1CCCCCC1CC1. The quantitative estimate of drug-likeness (QED) is 0.794. The van der Waals surface area contributed by atoms with Crippen LogP contribution in [0.25, 0.3) is 11.0 Å². The number of phenols is 1. The summed E-state index contributed by atoms with van der Waals surface area (Å²) in [5, 5.41) is 9.39. The molecule has 2 N–H and O–H groups in total. The fourth-order valence-corrected chi connectivity index (χ4v) is 2.59. The molecule has 1 aromatic carbocycles. The van der Waals surface area contributed by atoms with Gasteiger partial charge in [-0.15, -0.1) is 0 Å². The van der Waals surface area contributed by atoms with Crippen LogP contribution in [0.1, 0.15) is 44.2 Å². The van der Waals surface area contributed by atoms with E-state index in [1.807, 2.05) is 0 Å². The molecule has 2 aromatic rings. The second-order valence-corrected chi connectivity index (χ2v) is 5.76. The third kappa shape index (κ3) is 3.18. The number of fused-ring (bicyclic) bond motifs is 1. The van der Waals surface area contributed by atoms with Gasteiger partial charge >= 0.3 is 0 Å². The fraction of sp³-hybridized carbons (Fsp3) is 0.500. The van der Waals surface area contributed by atoms with Crippen LogP contribution in [0.2, 0.25) is 0 Å². The van der Waals surface area contributed by atoms with Gasteiger partial charge in [-0.2, -0.15) is 0 Å². The van der Waals surface area contributed by atoms with Crippen LogP contribution in [-0.2, 0) is 6.42 Å². The summed E-state index contributed by atoms with van der Waals surface area (Å²) >= 11 is 0. The molecule has 0 amide bonds. The number of rotatable bonds is 6. The summed E-state index contributed by atoms with van der Waals surface area (Å²) in [4.78, 5) is 19.1. The number of nitrogens with zero attached hydrogens (tertiary/aromatic N) is 1. The smallest absolute Gasteiger partial charge is 0.270 e. The zero-order valence-electron chi connectivity index (χ0n) is 11.6. The number of unbranched alkanes of at least 4 members (excludes halogenated alkanes) is 2. The van der Waals surface area contributed by atoms with Crippen molar-refractivity contribution in [3.63, 3.8) is 0 Å². The zero-order chi connectivity index (χ0) is 13.9. The van der Waals surface area contributed by atoms with E-state index < -0.39 is 0 Å². The number of benzene rings is 1. The average Bonchev–Trinajstić information content (AvgIpc) is 3.23. The van der Waals surface area contributed by atoms with E-state index in [2.05, 4.69) is 9.97 Å². The Balaban J connectivity index is 1.63. The Morgan fingerprint density at radius 3 is 2.90 bits per heavy atom. The van der Waals surface area contributed by atoms with E-state index in [9.17, 15) is 9.90 Å². The first-order valence-electron chi connectivity index (χ1n) is 7.44. The molecule has 20 heavy (non-hydrogen) atoms. The molecule has 0 saturated heterocycles. The summed E-state index contributed by atoms with van der Waals surface area (Å²) < 4.78 is 0. The van der Waals surface area contributed by atoms with Gasteiger partial charge < -0.3 is 10.1 Å². The number of hydrogen-bond acceptors (Lipinski definition) is 3. The van der Waals surface area contributed by atoms with E-state index in [1.54, 1.807) is 12.1 Å². The van der Waals surface area contributed by atoms with Gasteiger partial charge in [-0.25, -0.2) is 4.98 Å². The molecule has 1 heterocycles. The number of nitrogens with one attached hydrogen (secondary N) is 1. The average molecular weight is 272 g/mol. The predicted molar refractivity (Wildman–Crippen MR) is 78.9 cm³/mol. The van der Waals surface area contributed by atoms with E-state index in [0.29, 0.717) is 11.2 Å². The molecular formula is C16H20N2O2. The van der Waals surface area contributed by atoms with Crippen LogP contribution in [0, 0.1) is 5.92 Å². The van der Waals surface area contributed by atoms with E-state index in [0.717, 1.165) is 24.3 Å². The molecule has 0 radical (unpaired) electrons. The number of hydrogen-bond donors (Lipinski definition) is 2. The van der Waals surface area contributed by atoms with Crippen molar-refractivity contribution < 1.29 is 5.11 Å². The second-order valence-electron chi connectivity index (χ2n) is 5.76. The standard InChI is InChI=1S/C16H20N2O2/c19-12-8-9-13-15(10-12)18-16(20)14(17-13)5-3-1-2-4-11-6-7-11/h8-11,19H,1-7H2,(H,18,20). The Kier molecular flexibility index (Phi) is 3.72. The van der Waals surface area contributed by atoms with Gasteiger partial charge in [0, 0.05) is 6.07 Å². The lowest BCUT2D eigenvalue weighted by atomic mass is 10.1.